The SMILES string of the molecule is FC1(C2=COCCC2)CCNCC1. The van der Waals surface area contributed by atoms with E-state index in [1.165, 1.54) is 0 Å². The first kappa shape index (κ1) is 9.00. The minimum Gasteiger partial charge on any atom is -0.501 e. The van der Waals surface area contributed by atoms with Gasteiger partial charge in [0.1, 0.15) is 5.67 Å². The summed E-state index contributed by atoms with van der Waals surface area (Å²) in [4.78, 5) is 0. The highest BCUT2D eigenvalue weighted by atomic mass is 19.1. The minimum atomic E-state index is -1.08. The summed E-state index contributed by atoms with van der Waals surface area (Å²) in [7, 11) is 0. The third-order valence-electron chi connectivity index (χ3n) is 2.91. The third kappa shape index (κ3) is 1.85. The molecule has 1 fully saturated rings. The highest BCUT2D eigenvalue weighted by molar-refractivity contribution is 5.17. The zero-order valence-corrected chi connectivity index (χ0v) is 7.81. The number of hydrogen-bond donors (Lipinski definition) is 1. The molecule has 3 heteroatoms. The largest absolute Gasteiger partial charge is 0.501 e. The van der Waals surface area contributed by atoms with Gasteiger partial charge in [0.05, 0.1) is 12.9 Å². The highest BCUT2D eigenvalue weighted by Crippen LogP contribution is 2.35. The Morgan fingerprint density at radius 1 is 1.38 bits per heavy atom. The van der Waals surface area contributed by atoms with Crippen molar-refractivity contribution in [2.75, 3.05) is 19.7 Å². The highest BCUT2D eigenvalue weighted by Gasteiger charge is 2.36. The van der Waals surface area contributed by atoms with Crippen molar-refractivity contribution in [1.29, 1.82) is 0 Å². The predicted octanol–water partition coefficient (Wildman–Crippen LogP) is 1.77. The van der Waals surface area contributed by atoms with Crippen LogP contribution >= 0.6 is 0 Å². The van der Waals surface area contributed by atoms with Crippen molar-refractivity contribution < 1.29 is 9.13 Å². The van der Waals surface area contributed by atoms with Gasteiger partial charge in [0.15, 0.2) is 0 Å². The van der Waals surface area contributed by atoms with Gasteiger partial charge in [0.2, 0.25) is 0 Å². The number of piperidine rings is 1. The molecule has 0 saturated carbocycles. The van der Waals surface area contributed by atoms with Crippen molar-refractivity contribution in [3.63, 3.8) is 0 Å². The van der Waals surface area contributed by atoms with E-state index >= 15 is 0 Å². The van der Waals surface area contributed by atoms with Gasteiger partial charge in [-0.05, 0) is 38.8 Å². The van der Waals surface area contributed by atoms with E-state index in [9.17, 15) is 4.39 Å². The summed E-state index contributed by atoms with van der Waals surface area (Å²) < 4.78 is 19.4. The quantitative estimate of drug-likeness (QED) is 0.672. The summed E-state index contributed by atoms with van der Waals surface area (Å²) in [6.45, 7) is 2.32. The van der Waals surface area contributed by atoms with E-state index in [0.717, 1.165) is 38.1 Å². The van der Waals surface area contributed by atoms with Crippen molar-refractivity contribution in [3.8, 4) is 0 Å². The third-order valence-corrected chi connectivity index (χ3v) is 2.91. The number of rotatable bonds is 1. The maximum Gasteiger partial charge on any atom is 0.137 e. The van der Waals surface area contributed by atoms with Crippen LogP contribution in [0.2, 0.25) is 0 Å². The standard InChI is InChI=1S/C10H16FNO/c11-10(3-5-12-6-4-10)9-2-1-7-13-8-9/h8,12H,1-7H2. The molecule has 0 aliphatic carbocycles. The lowest BCUT2D eigenvalue weighted by Gasteiger charge is -2.33. The Hall–Kier alpha value is -0.570. The summed E-state index contributed by atoms with van der Waals surface area (Å²) in [6, 6.07) is 0. The smallest absolute Gasteiger partial charge is 0.137 e. The topological polar surface area (TPSA) is 21.3 Å². The molecule has 0 atom stereocenters. The van der Waals surface area contributed by atoms with Crippen LogP contribution in [0.3, 0.4) is 0 Å². The van der Waals surface area contributed by atoms with Crippen LogP contribution in [0.4, 0.5) is 4.39 Å². The molecule has 0 aromatic carbocycles. The molecule has 0 spiro atoms. The Morgan fingerprint density at radius 2 is 2.15 bits per heavy atom. The molecular formula is C10H16FNO. The van der Waals surface area contributed by atoms with Gasteiger partial charge in [-0.15, -0.1) is 0 Å². The molecule has 2 aliphatic rings. The van der Waals surface area contributed by atoms with Crippen LogP contribution < -0.4 is 5.32 Å². The fourth-order valence-corrected chi connectivity index (χ4v) is 2.04. The van der Waals surface area contributed by atoms with Gasteiger partial charge in [-0.25, -0.2) is 4.39 Å². The zero-order chi connectivity index (χ0) is 9.15. The summed E-state index contributed by atoms with van der Waals surface area (Å²) in [6.07, 6.45) is 4.68. The van der Waals surface area contributed by atoms with Gasteiger partial charge in [-0.3, -0.25) is 0 Å². The molecule has 2 rings (SSSR count). The molecule has 74 valence electrons. The Labute approximate surface area is 78.2 Å². The molecule has 2 nitrogen and oxygen atoms in total. The number of alkyl halides is 1. The van der Waals surface area contributed by atoms with E-state index < -0.39 is 5.67 Å². The van der Waals surface area contributed by atoms with Gasteiger partial charge >= 0.3 is 0 Å². The Balaban J connectivity index is 2.07. The van der Waals surface area contributed by atoms with E-state index in [4.69, 9.17) is 4.74 Å². The van der Waals surface area contributed by atoms with Crippen molar-refractivity contribution in [2.24, 2.45) is 0 Å². The zero-order valence-electron chi connectivity index (χ0n) is 7.81. The lowest BCUT2D eigenvalue weighted by molar-refractivity contribution is 0.128. The molecule has 0 bridgehead atoms. The first-order valence-electron chi connectivity index (χ1n) is 5.02. The van der Waals surface area contributed by atoms with E-state index in [0.29, 0.717) is 12.8 Å². The minimum absolute atomic E-state index is 0.599. The van der Waals surface area contributed by atoms with E-state index in [1.807, 2.05) is 0 Å². The van der Waals surface area contributed by atoms with Crippen LogP contribution in [0, 0.1) is 0 Å². The maximum absolute atomic E-state index is 14.3. The van der Waals surface area contributed by atoms with E-state index in [1.54, 1.807) is 6.26 Å². The van der Waals surface area contributed by atoms with Crippen LogP contribution in [-0.2, 0) is 4.74 Å². The second-order valence-electron chi connectivity index (χ2n) is 3.83. The first-order valence-corrected chi connectivity index (χ1v) is 5.02. The van der Waals surface area contributed by atoms with Crippen LogP contribution in [0.1, 0.15) is 25.7 Å². The molecular weight excluding hydrogens is 169 g/mol. The van der Waals surface area contributed by atoms with Gasteiger partial charge in [-0.2, -0.15) is 0 Å². The van der Waals surface area contributed by atoms with Gasteiger partial charge < -0.3 is 10.1 Å². The number of allylic oxidation sites excluding steroid dienone is 1. The average Bonchev–Trinajstić information content (AvgIpc) is 2.20. The predicted molar refractivity (Wildman–Crippen MR) is 49.2 cm³/mol. The number of nitrogens with one attached hydrogen (secondary N) is 1. The average molecular weight is 185 g/mol. The van der Waals surface area contributed by atoms with Crippen LogP contribution in [-0.4, -0.2) is 25.4 Å². The van der Waals surface area contributed by atoms with Gasteiger partial charge in [0.25, 0.3) is 0 Å². The molecule has 13 heavy (non-hydrogen) atoms. The molecule has 1 N–H and O–H groups in total. The monoisotopic (exact) mass is 185 g/mol. The fraction of sp³-hybridized carbons (Fsp3) is 0.800. The molecule has 1 saturated heterocycles. The number of hydrogen-bond acceptors (Lipinski definition) is 2. The second-order valence-corrected chi connectivity index (χ2v) is 3.83. The van der Waals surface area contributed by atoms with Crippen LogP contribution in [0.15, 0.2) is 11.8 Å². The Morgan fingerprint density at radius 3 is 2.77 bits per heavy atom. The molecule has 2 aliphatic heterocycles. The summed E-state index contributed by atoms with van der Waals surface area (Å²) in [5.41, 5.74) is -0.202. The summed E-state index contributed by atoms with van der Waals surface area (Å²) in [5, 5.41) is 3.17. The molecule has 0 aromatic rings. The summed E-state index contributed by atoms with van der Waals surface area (Å²) >= 11 is 0. The Bertz CT molecular complexity index is 209. The maximum atomic E-state index is 14.3. The van der Waals surface area contributed by atoms with E-state index in [-0.39, 0.29) is 0 Å². The molecule has 0 unspecified atom stereocenters. The van der Waals surface area contributed by atoms with Crippen LogP contribution in [0.5, 0.6) is 0 Å². The number of ether oxygens (including phenoxy) is 1. The van der Waals surface area contributed by atoms with Crippen molar-refractivity contribution >= 4 is 0 Å². The lowest BCUT2D eigenvalue weighted by Crippen LogP contribution is -2.40. The molecule has 0 radical (unpaired) electrons. The summed E-state index contributed by atoms with van der Waals surface area (Å²) in [5.74, 6) is 0. The molecule has 0 aromatic heterocycles. The van der Waals surface area contributed by atoms with Crippen molar-refractivity contribution in [2.45, 2.75) is 31.4 Å². The molecule has 2 heterocycles. The van der Waals surface area contributed by atoms with Crippen molar-refractivity contribution in [3.05, 3.63) is 11.8 Å². The Kier molecular flexibility index (Phi) is 2.54. The lowest BCUT2D eigenvalue weighted by atomic mass is 9.84. The second kappa shape index (κ2) is 3.66. The molecule has 0 amide bonds. The fourth-order valence-electron chi connectivity index (χ4n) is 2.04. The van der Waals surface area contributed by atoms with Gasteiger partial charge in [-0.1, -0.05) is 0 Å². The first-order chi connectivity index (χ1) is 6.31. The van der Waals surface area contributed by atoms with Gasteiger partial charge in [0, 0.05) is 5.57 Å². The van der Waals surface area contributed by atoms with Crippen LogP contribution in [0.25, 0.3) is 0 Å². The normalized spacial score (nSPS) is 27.6. The van der Waals surface area contributed by atoms with Crippen molar-refractivity contribution in [1.82, 2.24) is 5.32 Å². The number of halogens is 1. The van der Waals surface area contributed by atoms with E-state index in [2.05, 4.69) is 5.32 Å².